The number of nitrogens with zero attached hydrogens (tertiary/aromatic N) is 1. The summed E-state index contributed by atoms with van der Waals surface area (Å²) >= 11 is 0. The lowest BCUT2D eigenvalue weighted by Gasteiger charge is -2.25. The third-order valence-corrected chi connectivity index (χ3v) is 3.50. The standard InChI is InChI=1S/C15H19N3O3/c1-10-15(21)17-13-6-4-3-5-12(13)9-18(10)14(20)7-8-16-11(2)19/h3-6,10H,7-9H2,1-2H3,(H,16,19)(H,17,21). The number of carbonyl (C=O) groups is 3. The van der Waals surface area contributed by atoms with Gasteiger partial charge in [-0.15, -0.1) is 0 Å². The minimum atomic E-state index is -0.540. The van der Waals surface area contributed by atoms with E-state index in [4.69, 9.17) is 0 Å². The molecule has 1 aliphatic rings. The highest BCUT2D eigenvalue weighted by molar-refractivity contribution is 5.98. The molecule has 0 spiro atoms. The quantitative estimate of drug-likeness (QED) is 0.867. The average Bonchev–Trinajstić information content (AvgIpc) is 2.56. The summed E-state index contributed by atoms with van der Waals surface area (Å²) in [4.78, 5) is 36.8. The van der Waals surface area contributed by atoms with Crippen LogP contribution in [0.3, 0.4) is 0 Å². The molecule has 6 nitrogen and oxygen atoms in total. The molecule has 1 aromatic carbocycles. The molecule has 0 radical (unpaired) electrons. The van der Waals surface area contributed by atoms with Crippen LogP contribution in [0.4, 0.5) is 5.69 Å². The van der Waals surface area contributed by atoms with E-state index < -0.39 is 6.04 Å². The topological polar surface area (TPSA) is 78.5 Å². The minimum absolute atomic E-state index is 0.150. The van der Waals surface area contributed by atoms with Crippen LogP contribution in [0.25, 0.3) is 0 Å². The summed E-state index contributed by atoms with van der Waals surface area (Å²) < 4.78 is 0. The van der Waals surface area contributed by atoms with E-state index in [-0.39, 0.29) is 30.7 Å². The first-order valence-electron chi connectivity index (χ1n) is 6.91. The molecule has 3 amide bonds. The van der Waals surface area contributed by atoms with Crippen LogP contribution in [0, 0.1) is 0 Å². The summed E-state index contributed by atoms with van der Waals surface area (Å²) in [5.74, 6) is -0.522. The van der Waals surface area contributed by atoms with Gasteiger partial charge in [0.05, 0.1) is 0 Å². The van der Waals surface area contributed by atoms with Crippen molar-refractivity contribution in [3.05, 3.63) is 29.8 Å². The van der Waals surface area contributed by atoms with Crippen molar-refractivity contribution < 1.29 is 14.4 Å². The van der Waals surface area contributed by atoms with Gasteiger partial charge in [0.15, 0.2) is 0 Å². The summed E-state index contributed by atoms with van der Waals surface area (Å²) in [6, 6.07) is 6.90. The van der Waals surface area contributed by atoms with Gasteiger partial charge in [0.2, 0.25) is 17.7 Å². The maximum atomic E-state index is 12.3. The van der Waals surface area contributed by atoms with Gasteiger partial charge in [-0.2, -0.15) is 0 Å². The predicted octanol–water partition coefficient (Wildman–Crippen LogP) is 0.882. The molecule has 0 saturated carbocycles. The summed E-state index contributed by atoms with van der Waals surface area (Å²) in [6.07, 6.45) is 0.180. The van der Waals surface area contributed by atoms with Gasteiger partial charge in [0, 0.05) is 32.1 Å². The van der Waals surface area contributed by atoms with Crippen LogP contribution in [0.5, 0.6) is 0 Å². The van der Waals surface area contributed by atoms with E-state index in [2.05, 4.69) is 10.6 Å². The second-order valence-electron chi connectivity index (χ2n) is 5.08. The number of hydrogen-bond acceptors (Lipinski definition) is 3. The molecule has 21 heavy (non-hydrogen) atoms. The lowest BCUT2D eigenvalue weighted by atomic mass is 10.1. The van der Waals surface area contributed by atoms with Crippen LogP contribution in [0.2, 0.25) is 0 Å². The molecule has 1 heterocycles. The number of carbonyl (C=O) groups excluding carboxylic acids is 3. The summed E-state index contributed by atoms with van der Waals surface area (Å²) in [6.45, 7) is 3.77. The Hall–Kier alpha value is -2.37. The van der Waals surface area contributed by atoms with Crippen molar-refractivity contribution in [2.75, 3.05) is 11.9 Å². The Bertz CT molecular complexity index is 571. The first-order valence-corrected chi connectivity index (χ1v) is 6.91. The fraction of sp³-hybridized carbons (Fsp3) is 0.400. The zero-order chi connectivity index (χ0) is 15.4. The fourth-order valence-corrected chi connectivity index (χ4v) is 2.27. The van der Waals surface area contributed by atoms with Crippen LogP contribution in [-0.2, 0) is 20.9 Å². The van der Waals surface area contributed by atoms with E-state index in [1.54, 1.807) is 11.8 Å². The maximum Gasteiger partial charge on any atom is 0.246 e. The Labute approximate surface area is 123 Å². The lowest BCUT2D eigenvalue weighted by molar-refractivity contribution is -0.138. The van der Waals surface area contributed by atoms with Crippen molar-refractivity contribution in [2.24, 2.45) is 0 Å². The van der Waals surface area contributed by atoms with E-state index in [0.29, 0.717) is 6.54 Å². The molecule has 0 bridgehead atoms. The van der Waals surface area contributed by atoms with E-state index in [1.165, 1.54) is 6.92 Å². The Morgan fingerprint density at radius 3 is 2.81 bits per heavy atom. The minimum Gasteiger partial charge on any atom is -0.356 e. The van der Waals surface area contributed by atoms with Crippen molar-refractivity contribution in [2.45, 2.75) is 32.9 Å². The number of fused-ring (bicyclic) bond motifs is 1. The van der Waals surface area contributed by atoms with E-state index in [9.17, 15) is 14.4 Å². The van der Waals surface area contributed by atoms with Crippen LogP contribution in [0.15, 0.2) is 24.3 Å². The molecule has 0 aliphatic carbocycles. The molecule has 1 aromatic rings. The molecule has 1 atom stereocenters. The van der Waals surface area contributed by atoms with Crippen molar-refractivity contribution in [1.82, 2.24) is 10.2 Å². The summed E-state index contributed by atoms with van der Waals surface area (Å²) in [7, 11) is 0. The number of hydrogen-bond donors (Lipinski definition) is 2. The zero-order valence-electron chi connectivity index (χ0n) is 12.2. The molecular formula is C15H19N3O3. The van der Waals surface area contributed by atoms with Gasteiger partial charge in [-0.25, -0.2) is 0 Å². The second kappa shape index (κ2) is 6.39. The van der Waals surface area contributed by atoms with Crippen molar-refractivity contribution in [1.29, 1.82) is 0 Å². The second-order valence-corrected chi connectivity index (χ2v) is 5.08. The molecular weight excluding hydrogens is 270 g/mol. The highest BCUT2D eigenvalue weighted by Crippen LogP contribution is 2.23. The van der Waals surface area contributed by atoms with Gasteiger partial charge in [-0.1, -0.05) is 18.2 Å². The van der Waals surface area contributed by atoms with Gasteiger partial charge in [-0.05, 0) is 18.6 Å². The van der Waals surface area contributed by atoms with Gasteiger partial charge < -0.3 is 15.5 Å². The SMILES string of the molecule is CC(=O)NCCC(=O)N1Cc2ccccc2NC(=O)C1C. The third-order valence-electron chi connectivity index (χ3n) is 3.50. The van der Waals surface area contributed by atoms with Gasteiger partial charge in [-0.3, -0.25) is 14.4 Å². The average molecular weight is 289 g/mol. The van der Waals surface area contributed by atoms with Crippen LogP contribution < -0.4 is 10.6 Å². The highest BCUT2D eigenvalue weighted by atomic mass is 16.2. The molecule has 1 unspecified atom stereocenters. The zero-order valence-corrected chi connectivity index (χ0v) is 12.2. The van der Waals surface area contributed by atoms with Crippen LogP contribution >= 0.6 is 0 Å². The Morgan fingerprint density at radius 2 is 2.10 bits per heavy atom. The van der Waals surface area contributed by atoms with Gasteiger partial charge in [0.1, 0.15) is 6.04 Å². The lowest BCUT2D eigenvalue weighted by Crippen LogP contribution is -2.44. The molecule has 1 aliphatic heterocycles. The summed E-state index contributed by atoms with van der Waals surface area (Å²) in [5.41, 5.74) is 1.65. The van der Waals surface area contributed by atoms with E-state index in [0.717, 1.165) is 11.3 Å². The number of amides is 3. The van der Waals surface area contributed by atoms with Crippen molar-refractivity contribution >= 4 is 23.4 Å². The number of anilines is 1. The van der Waals surface area contributed by atoms with E-state index >= 15 is 0 Å². The molecule has 2 rings (SSSR count). The van der Waals surface area contributed by atoms with Crippen LogP contribution in [-0.4, -0.2) is 35.2 Å². The largest absolute Gasteiger partial charge is 0.356 e. The highest BCUT2D eigenvalue weighted by Gasteiger charge is 2.29. The summed E-state index contributed by atoms with van der Waals surface area (Å²) in [5, 5.41) is 5.42. The number of nitrogens with one attached hydrogen (secondary N) is 2. The third kappa shape index (κ3) is 3.59. The number of rotatable bonds is 3. The van der Waals surface area contributed by atoms with Crippen molar-refractivity contribution in [3.63, 3.8) is 0 Å². The van der Waals surface area contributed by atoms with Crippen molar-refractivity contribution in [3.8, 4) is 0 Å². The Morgan fingerprint density at radius 1 is 1.38 bits per heavy atom. The fourth-order valence-electron chi connectivity index (χ4n) is 2.27. The smallest absolute Gasteiger partial charge is 0.246 e. The predicted molar refractivity (Wildman–Crippen MR) is 78.4 cm³/mol. The number of para-hydroxylation sites is 1. The van der Waals surface area contributed by atoms with Gasteiger partial charge >= 0.3 is 0 Å². The molecule has 0 saturated heterocycles. The Kier molecular flexibility index (Phi) is 4.57. The molecule has 0 fully saturated rings. The first kappa shape index (κ1) is 15.0. The van der Waals surface area contributed by atoms with Crippen LogP contribution in [0.1, 0.15) is 25.8 Å². The molecule has 6 heteroatoms. The Balaban J connectivity index is 2.12. The van der Waals surface area contributed by atoms with E-state index in [1.807, 2.05) is 24.3 Å². The number of benzene rings is 1. The maximum absolute atomic E-state index is 12.3. The molecule has 0 aromatic heterocycles. The molecule has 2 N–H and O–H groups in total. The normalized spacial score (nSPS) is 17.5. The monoisotopic (exact) mass is 289 g/mol. The first-order chi connectivity index (χ1) is 9.99. The molecule has 112 valence electrons. The van der Waals surface area contributed by atoms with Gasteiger partial charge in [0.25, 0.3) is 0 Å².